The van der Waals surface area contributed by atoms with E-state index in [-0.39, 0.29) is 16.7 Å². The minimum absolute atomic E-state index is 0.0173. The Morgan fingerprint density at radius 1 is 1.14 bits per heavy atom. The topological polar surface area (TPSA) is 29.1 Å². The van der Waals surface area contributed by atoms with Crippen LogP contribution >= 0.6 is 0 Å². The summed E-state index contributed by atoms with van der Waals surface area (Å²) in [6.07, 6.45) is 3.29. The van der Waals surface area contributed by atoms with Crippen LogP contribution in [0.3, 0.4) is 0 Å². The van der Waals surface area contributed by atoms with Crippen molar-refractivity contribution in [3.63, 3.8) is 0 Å². The molecule has 1 rings (SSSR count). The molecule has 0 aromatic carbocycles. The van der Waals surface area contributed by atoms with E-state index in [1.165, 1.54) is 0 Å². The Kier molecular flexibility index (Phi) is 2.75. The maximum Gasteiger partial charge on any atom is 0.157 e. The summed E-state index contributed by atoms with van der Waals surface area (Å²) in [5, 5.41) is 3.47. The van der Waals surface area contributed by atoms with Crippen LogP contribution < -0.4 is 5.32 Å². The van der Waals surface area contributed by atoms with Crippen molar-refractivity contribution in [1.82, 2.24) is 5.32 Å². The molecule has 2 nitrogen and oxygen atoms in total. The van der Waals surface area contributed by atoms with Crippen molar-refractivity contribution in [3.05, 3.63) is 11.8 Å². The van der Waals surface area contributed by atoms with E-state index < -0.39 is 0 Å². The van der Waals surface area contributed by atoms with E-state index in [0.29, 0.717) is 6.42 Å². The summed E-state index contributed by atoms with van der Waals surface area (Å²) in [4.78, 5) is 11.1. The van der Waals surface area contributed by atoms with Crippen LogP contribution in [0.5, 0.6) is 0 Å². The van der Waals surface area contributed by atoms with Gasteiger partial charge in [-0.15, -0.1) is 0 Å². The van der Waals surface area contributed by atoms with Crippen LogP contribution in [0.25, 0.3) is 0 Å². The highest BCUT2D eigenvalue weighted by Crippen LogP contribution is 2.31. The lowest BCUT2D eigenvalue weighted by molar-refractivity contribution is -0.114. The first kappa shape index (κ1) is 11.3. The zero-order valence-electron chi connectivity index (χ0n) is 9.90. The molecule has 2 heteroatoms. The Morgan fingerprint density at radius 3 is 2.07 bits per heavy atom. The van der Waals surface area contributed by atoms with Crippen molar-refractivity contribution < 1.29 is 4.79 Å². The number of nitrogens with one attached hydrogen (secondary N) is 1. The van der Waals surface area contributed by atoms with Gasteiger partial charge in [0, 0.05) is 23.7 Å². The molecule has 1 aliphatic rings. The molecular weight excluding hydrogens is 174 g/mol. The minimum Gasteiger partial charge on any atom is -0.383 e. The highest BCUT2D eigenvalue weighted by atomic mass is 16.1. The zero-order valence-corrected chi connectivity index (χ0v) is 9.90. The summed E-state index contributed by atoms with van der Waals surface area (Å²) in [6, 6.07) is 0. The summed E-state index contributed by atoms with van der Waals surface area (Å²) in [5.41, 5.74) is 1.29. The number of rotatable bonds is 2. The molecule has 0 aromatic rings. The number of carbonyl (C=O) groups excluding carboxylic acids is 1. The van der Waals surface area contributed by atoms with Gasteiger partial charge in [-0.25, -0.2) is 0 Å². The standard InChI is InChI=1S/C12H21NO/c1-11(2,3)12(4,5)13-9-6-7-10(14)8-9/h8,13H,6-7H2,1-5H3. The Labute approximate surface area is 86.8 Å². The van der Waals surface area contributed by atoms with Crippen molar-refractivity contribution in [2.45, 2.75) is 53.0 Å². The smallest absolute Gasteiger partial charge is 0.157 e. The van der Waals surface area contributed by atoms with E-state index >= 15 is 0 Å². The molecule has 0 unspecified atom stereocenters. The van der Waals surface area contributed by atoms with Crippen LogP contribution in [0.4, 0.5) is 0 Å². The van der Waals surface area contributed by atoms with Gasteiger partial charge in [0.25, 0.3) is 0 Å². The second-order valence-corrected chi connectivity index (χ2v) is 5.64. The fourth-order valence-electron chi connectivity index (χ4n) is 1.28. The van der Waals surface area contributed by atoms with E-state index in [4.69, 9.17) is 0 Å². The SMILES string of the molecule is CC(C)(C)C(C)(C)NC1=CC(=O)CC1. The van der Waals surface area contributed by atoms with Crippen LogP contribution in [-0.2, 0) is 4.79 Å². The Morgan fingerprint density at radius 2 is 1.71 bits per heavy atom. The van der Waals surface area contributed by atoms with Gasteiger partial charge in [0.05, 0.1) is 0 Å². The lowest BCUT2D eigenvalue weighted by Gasteiger charge is -2.40. The van der Waals surface area contributed by atoms with E-state index in [1.54, 1.807) is 6.08 Å². The summed E-state index contributed by atoms with van der Waals surface area (Å²) in [7, 11) is 0. The zero-order chi connectivity index (χ0) is 11.0. The molecule has 0 bridgehead atoms. The number of carbonyl (C=O) groups is 1. The molecule has 0 saturated carbocycles. The summed E-state index contributed by atoms with van der Waals surface area (Å²) >= 11 is 0. The molecule has 0 spiro atoms. The molecule has 0 atom stereocenters. The normalized spacial score (nSPS) is 18.4. The van der Waals surface area contributed by atoms with Crippen LogP contribution in [-0.4, -0.2) is 11.3 Å². The van der Waals surface area contributed by atoms with Gasteiger partial charge in [0.1, 0.15) is 0 Å². The molecule has 0 saturated heterocycles. The second-order valence-electron chi connectivity index (χ2n) is 5.64. The van der Waals surface area contributed by atoms with Gasteiger partial charge in [0.15, 0.2) is 5.78 Å². The fraction of sp³-hybridized carbons (Fsp3) is 0.750. The molecular formula is C12H21NO. The van der Waals surface area contributed by atoms with Gasteiger partial charge in [-0.05, 0) is 25.7 Å². The Hall–Kier alpha value is -0.790. The second kappa shape index (κ2) is 3.41. The van der Waals surface area contributed by atoms with Crippen LogP contribution in [0.15, 0.2) is 11.8 Å². The highest BCUT2D eigenvalue weighted by molar-refractivity contribution is 5.92. The summed E-state index contributed by atoms with van der Waals surface area (Å²) < 4.78 is 0. The van der Waals surface area contributed by atoms with E-state index in [0.717, 1.165) is 12.1 Å². The molecule has 0 aliphatic heterocycles. The van der Waals surface area contributed by atoms with Gasteiger partial charge in [-0.1, -0.05) is 20.8 Å². The Balaban J connectivity index is 2.69. The average Bonchev–Trinajstić information content (AvgIpc) is 2.31. The third-order valence-electron chi connectivity index (χ3n) is 3.32. The van der Waals surface area contributed by atoms with Gasteiger partial charge in [-0.3, -0.25) is 4.79 Å². The van der Waals surface area contributed by atoms with Crippen LogP contribution in [0.2, 0.25) is 0 Å². The molecule has 0 fully saturated rings. The van der Waals surface area contributed by atoms with Gasteiger partial charge in [-0.2, -0.15) is 0 Å². The van der Waals surface area contributed by atoms with Crippen molar-refractivity contribution in [2.24, 2.45) is 5.41 Å². The van der Waals surface area contributed by atoms with Crippen LogP contribution in [0.1, 0.15) is 47.5 Å². The minimum atomic E-state index is 0.0173. The average molecular weight is 195 g/mol. The Bertz CT molecular complexity index is 269. The molecule has 1 N–H and O–H groups in total. The van der Waals surface area contributed by atoms with E-state index in [2.05, 4.69) is 39.9 Å². The fourth-order valence-corrected chi connectivity index (χ4v) is 1.28. The monoisotopic (exact) mass is 195 g/mol. The van der Waals surface area contributed by atoms with Gasteiger partial charge in [0.2, 0.25) is 0 Å². The number of hydrogen-bond donors (Lipinski definition) is 1. The predicted octanol–water partition coefficient (Wildman–Crippen LogP) is 2.65. The largest absolute Gasteiger partial charge is 0.383 e. The summed E-state index contributed by atoms with van der Waals surface area (Å²) in [6.45, 7) is 11.0. The molecule has 0 amide bonds. The molecule has 0 aromatic heterocycles. The number of ketones is 1. The highest BCUT2D eigenvalue weighted by Gasteiger charge is 2.33. The third-order valence-corrected chi connectivity index (χ3v) is 3.32. The maximum absolute atomic E-state index is 11.1. The molecule has 0 radical (unpaired) electrons. The number of allylic oxidation sites excluding steroid dienone is 2. The van der Waals surface area contributed by atoms with Gasteiger partial charge >= 0.3 is 0 Å². The third kappa shape index (κ3) is 2.37. The van der Waals surface area contributed by atoms with Crippen molar-refractivity contribution in [2.75, 3.05) is 0 Å². The van der Waals surface area contributed by atoms with E-state index in [1.807, 2.05) is 0 Å². The molecule has 80 valence electrons. The lowest BCUT2D eigenvalue weighted by atomic mass is 9.76. The van der Waals surface area contributed by atoms with Gasteiger partial charge < -0.3 is 5.32 Å². The van der Waals surface area contributed by atoms with Crippen molar-refractivity contribution >= 4 is 5.78 Å². The van der Waals surface area contributed by atoms with E-state index in [9.17, 15) is 4.79 Å². The molecule has 0 heterocycles. The van der Waals surface area contributed by atoms with Crippen molar-refractivity contribution in [1.29, 1.82) is 0 Å². The first-order valence-electron chi connectivity index (χ1n) is 5.24. The summed E-state index contributed by atoms with van der Waals surface area (Å²) in [5.74, 6) is 0.247. The predicted molar refractivity (Wildman–Crippen MR) is 59.0 cm³/mol. The quantitative estimate of drug-likeness (QED) is 0.734. The number of hydrogen-bond acceptors (Lipinski definition) is 2. The van der Waals surface area contributed by atoms with Crippen molar-refractivity contribution in [3.8, 4) is 0 Å². The first-order chi connectivity index (χ1) is 6.22. The first-order valence-corrected chi connectivity index (χ1v) is 5.24. The molecule has 1 aliphatic carbocycles. The lowest BCUT2D eigenvalue weighted by Crippen LogP contribution is -2.49. The van der Waals surface area contributed by atoms with Crippen LogP contribution in [0, 0.1) is 5.41 Å². The maximum atomic E-state index is 11.1. The molecule has 14 heavy (non-hydrogen) atoms.